The van der Waals surface area contributed by atoms with Gasteiger partial charge in [-0.25, -0.2) is 9.97 Å². The van der Waals surface area contributed by atoms with Gasteiger partial charge >= 0.3 is 0 Å². The molecule has 6 aromatic rings. The van der Waals surface area contributed by atoms with Crippen LogP contribution in [0, 0.1) is 0 Å². The van der Waals surface area contributed by atoms with E-state index in [0.29, 0.717) is 5.25 Å². The molecule has 9 rings (SSSR count). The quantitative estimate of drug-likeness (QED) is 0.193. The molecule has 10 bridgehead atoms. The predicted octanol–water partition coefficient (Wildman–Crippen LogP) is 10.2. The number of allylic oxidation sites excluding steroid dienone is 2. The van der Waals surface area contributed by atoms with Gasteiger partial charge in [0.15, 0.2) is 5.82 Å². The summed E-state index contributed by atoms with van der Waals surface area (Å²) in [5.74, 6) is 0.721. The molecule has 0 spiro atoms. The summed E-state index contributed by atoms with van der Waals surface area (Å²) in [6, 6.07) is 46.0. The third kappa shape index (κ3) is 4.30. The zero-order valence-corrected chi connectivity index (χ0v) is 24.7. The molecule has 1 aromatic heterocycles. The van der Waals surface area contributed by atoms with Crippen molar-refractivity contribution in [3.05, 3.63) is 152 Å². The number of aromatic nitrogens is 2. The largest absolute Gasteiger partial charge is 0.332 e. The molecule has 1 aliphatic carbocycles. The second kappa shape index (κ2) is 10.2. The fourth-order valence-electron chi connectivity index (χ4n) is 6.53. The molecule has 0 fully saturated rings. The van der Waals surface area contributed by atoms with E-state index in [-0.39, 0.29) is 6.04 Å². The maximum absolute atomic E-state index is 5.15. The van der Waals surface area contributed by atoms with Gasteiger partial charge in [-0.05, 0) is 64.7 Å². The Balaban J connectivity index is 1.33. The minimum absolute atomic E-state index is 0.226. The first-order valence-electron chi connectivity index (χ1n) is 15.0. The van der Waals surface area contributed by atoms with E-state index in [9.17, 15) is 0 Å². The van der Waals surface area contributed by atoms with Crippen molar-refractivity contribution in [1.82, 2.24) is 9.97 Å². The molecule has 2 aliphatic heterocycles. The molecule has 44 heavy (non-hydrogen) atoms. The molecule has 4 heteroatoms. The first-order chi connectivity index (χ1) is 21.8. The maximum atomic E-state index is 5.15. The summed E-state index contributed by atoms with van der Waals surface area (Å²) in [7, 11) is 0. The van der Waals surface area contributed by atoms with Crippen LogP contribution in [-0.4, -0.2) is 21.3 Å². The van der Waals surface area contributed by atoms with Gasteiger partial charge in [0.25, 0.3) is 0 Å². The molecule has 5 aromatic carbocycles. The minimum Gasteiger partial charge on any atom is -0.332 e. The molecular formula is C40H27N3S. The van der Waals surface area contributed by atoms with Gasteiger partial charge < -0.3 is 4.90 Å². The van der Waals surface area contributed by atoms with Crippen molar-refractivity contribution in [3.63, 3.8) is 0 Å². The van der Waals surface area contributed by atoms with E-state index in [1.807, 2.05) is 17.8 Å². The van der Waals surface area contributed by atoms with E-state index in [0.717, 1.165) is 39.5 Å². The average molecular weight is 582 g/mol. The number of nitrogens with zero attached hydrogens (tertiary/aromatic N) is 3. The zero-order valence-electron chi connectivity index (χ0n) is 23.8. The summed E-state index contributed by atoms with van der Waals surface area (Å²) < 4.78 is 0. The van der Waals surface area contributed by atoms with E-state index in [1.165, 1.54) is 33.0 Å². The number of fused-ring (bicyclic) bond motifs is 16. The molecule has 2 atom stereocenters. The lowest BCUT2D eigenvalue weighted by atomic mass is 9.97. The number of rotatable bonds is 1. The SMILES string of the molecule is C1=CC2Sc3ccc4cc3N(c3cccc(c3)-c3cccc(c3)-c3nc(-c5ccccc5)cc(n3)-c3cccc-4c3)C2C=C1. The van der Waals surface area contributed by atoms with Crippen LogP contribution >= 0.6 is 11.8 Å². The fraction of sp³-hybridized carbons (Fsp3) is 0.0500. The van der Waals surface area contributed by atoms with Crippen LogP contribution in [0.4, 0.5) is 11.4 Å². The summed E-state index contributed by atoms with van der Waals surface area (Å²) >= 11 is 1.95. The Labute approximate surface area is 261 Å². The first-order valence-corrected chi connectivity index (χ1v) is 15.9. The highest BCUT2D eigenvalue weighted by Gasteiger charge is 2.34. The Morgan fingerprint density at radius 2 is 1.14 bits per heavy atom. The summed E-state index contributed by atoms with van der Waals surface area (Å²) in [5.41, 5.74) is 12.1. The number of anilines is 2. The van der Waals surface area contributed by atoms with Gasteiger partial charge in [-0.1, -0.05) is 109 Å². The summed E-state index contributed by atoms with van der Waals surface area (Å²) in [6.07, 6.45) is 9.04. The number of hydrogen-bond donors (Lipinski definition) is 0. The van der Waals surface area contributed by atoms with Crippen LogP contribution in [0.15, 0.2) is 157 Å². The highest BCUT2D eigenvalue weighted by atomic mass is 32.2. The molecule has 3 aliphatic rings. The topological polar surface area (TPSA) is 29.0 Å². The monoisotopic (exact) mass is 581 g/mol. The van der Waals surface area contributed by atoms with E-state index in [1.54, 1.807) is 0 Å². The Bertz CT molecular complexity index is 2130. The molecule has 0 saturated heterocycles. The van der Waals surface area contributed by atoms with Crippen molar-refractivity contribution in [3.8, 4) is 56.2 Å². The van der Waals surface area contributed by atoms with E-state index < -0.39 is 0 Å². The number of benzene rings is 5. The molecule has 3 nitrogen and oxygen atoms in total. The van der Waals surface area contributed by atoms with Crippen LogP contribution in [0.5, 0.6) is 0 Å². The van der Waals surface area contributed by atoms with Crippen molar-refractivity contribution in [1.29, 1.82) is 0 Å². The van der Waals surface area contributed by atoms with Gasteiger partial charge in [-0.2, -0.15) is 0 Å². The lowest BCUT2D eigenvalue weighted by molar-refractivity contribution is 0.778. The second-order valence-corrected chi connectivity index (χ2v) is 12.7. The standard InChI is InChI=1S/C40H27N3S/c1-2-9-26(10-3-1)34-25-35-31-14-6-11-27(21-31)30-19-20-39-37(24-30)43(36-17-4-5-18-38(36)44-39)33-16-8-13-29(23-33)28-12-7-15-32(22-28)40(41-34)42-35/h1-25,36,38H. The summed E-state index contributed by atoms with van der Waals surface area (Å²) in [6.45, 7) is 0. The summed E-state index contributed by atoms with van der Waals surface area (Å²) in [5, 5.41) is 0.347. The van der Waals surface area contributed by atoms with Crippen LogP contribution < -0.4 is 4.90 Å². The van der Waals surface area contributed by atoms with Crippen molar-refractivity contribution in [2.24, 2.45) is 0 Å². The molecule has 0 N–H and O–H groups in total. The number of thioether (sulfide) groups is 1. The summed E-state index contributed by atoms with van der Waals surface area (Å²) in [4.78, 5) is 14.1. The third-order valence-corrected chi connectivity index (χ3v) is 10.0. The molecule has 0 saturated carbocycles. The maximum Gasteiger partial charge on any atom is 0.160 e. The normalized spacial score (nSPS) is 17.2. The third-order valence-electron chi connectivity index (χ3n) is 8.70. The molecule has 0 radical (unpaired) electrons. The first kappa shape index (κ1) is 25.3. The van der Waals surface area contributed by atoms with Crippen LogP contribution in [0.3, 0.4) is 0 Å². The Morgan fingerprint density at radius 3 is 1.98 bits per heavy atom. The van der Waals surface area contributed by atoms with Gasteiger partial charge in [0.1, 0.15) is 0 Å². The fourth-order valence-corrected chi connectivity index (χ4v) is 7.77. The molecule has 0 amide bonds. The molecule has 208 valence electrons. The lowest BCUT2D eigenvalue weighted by Gasteiger charge is -2.42. The van der Waals surface area contributed by atoms with Crippen molar-refractivity contribution < 1.29 is 0 Å². The second-order valence-electron chi connectivity index (χ2n) is 11.4. The van der Waals surface area contributed by atoms with E-state index in [4.69, 9.17) is 9.97 Å². The van der Waals surface area contributed by atoms with Crippen molar-refractivity contribution in [2.75, 3.05) is 4.90 Å². The van der Waals surface area contributed by atoms with Crippen LogP contribution in [-0.2, 0) is 0 Å². The highest BCUT2D eigenvalue weighted by Crippen LogP contribution is 2.49. The molecule has 2 unspecified atom stereocenters. The Hall–Kier alpha value is -5.19. The zero-order chi connectivity index (χ0) is 29.0. The van der Waals surface area contributed by atoms with Gasteiger partial charge in [0.2, 0.25) is 0 Å². The smallest absolute Gasteiger partial charge is 0.160 e. The van der Waals surface area contributed by atoms with Gasteiger partial charge in [0.05, 0.1) is 28.4 Å². The van der Waals surface area contributed by atoms with Gasteiger partial charge in [0, 0.05) is 27.3 Å². The van der Waals surface area contributed by atoms with Crippen molar-refractivity contribution >= 4 is 23.1 Å². The van der Waals surface area contributed by atoms with Crippen LogP contribution in [0.25, 0.3) is 56.2 Å². The van der Waals surface area contributed by atoms with Gasteiger partial charge in [-0.15, -0.1) is 11.8 Å². The lowest BCUT2D eigenvalue weighted by Crippen LogP contribution is -2.41. The Kier molecular flexibility index (Phi) is 5.88. The van der Waals surface area contributed by atoms with Crippen molar-refractivity contribution in [2.45, 2.75) is 16.2 Å². The predicted molar refractivity (Wildman–Crippen MR) is 183 cm³/mol. The highest BCUT2D eigenvalue weighted by molar-refractivity contribution is 8.00. The molecular weight excluding hydrogens is 555 g/mol. The molecule has 3 heterocycles. The van der Waals surface area contributed by atoms with Gasteiger partial charge in [-0.3, -0.25) is 0 Å². The van der Waals surface area contributed by atoms with E-state index in [2.05, 4.69) is 151 Å². The average Bonchev–Trinajstić information content (AvgIpc) is 3.10. The van der Waals surface area contributed by atoms with Crippen LogP contribution in [0.2, 0.25) is 0 Å². The van der Waals surface area contributed by atoms with Crippen LogP contribution in [0.1, 0.15) is 0 Å². The van der Waals surface area contributed by atoms with E-state index >= 15 is 0 Å². The minimum atomic E-state index is 0.226. The number of hydrogen-bond acceptors (Lipinski definition) is 4. The Morgan fingerprint density at radius 1 is 0.500 bits per heavy atom.